The summed E-state index contributed by atoms with van der Waals surface area (Å²) in [6.45, 7) is 4.39. The Morgan fingerprint density at radius 3 is 2.75 bits per heavy atom. The molecule has 1 aromatic heterocycles. The van der Waals surface area contributed by atoms with Crippen LogP contribution in [0.15, 0.2) is 30.6 Å². The quantitative estimate of drug-likeness (QED) is 0.748. The summed E-state index contributed by atoms with van der Waals surface area (Å²) in [5.41, 5.74) is 2.73. The molecule has 0 saturated carbocycles. The lowest BCUT2D eigenvalue weighted by molar-refractivity contribution is -0.144. The Bertz CT molecular complexity index is 836. The minimum Gasteiger partial charge on any atom is -0.467 e. The summed E-state index contributed by atoms with van der Waals surface area (Å²) in [5, 5.41) is 3.50. The number of hydrogen-bond donors (Lipinski definition) is 2. The highest BCUT2D eigenvalue weighted by Gasteiger charge is 2.36. The maximum absolute atomic E-state index is 13.2. The van der Waals surface area contributed by atoms with E-state index >= 15 is 0 Å². The molecule has 3 rings (SSSR count). The number of methoxy groups -OCH3 is 1. The average molecular weight is 405 g/mol. The molecule has 0 spiro atoms. The van der Waals surface area contributed by atoms with Gasteiger partial charge in [-0.1, -0.05) is 44.0 Å². The number of rotatable bonds is 5. The smallest absolute Gasteiger partial charge is 0.328 e. The van der Waals surface area contributed by atoms with Crippen molar-refractivity contribution in [2.24, 2.45) is 5.92 Å². The molecular weight excluding hydrogens is 380 g/mol. The van der Waals surface area contributed by atoms with E-state index in [2.05, 4.69) is 15.3 Å². The summed E-state index contributed by atoms with van der Waals surface area (Å²) in [7, 11) is 1.33. The minimum absolute atomic E-state index is 0.0453. The number of aromatic amines is 1. The van der Waals surface area contributed by atoms with Crippen molar-refractivity contribution in [3.63, 3.8) is 0 Å². The van der Waals surface area contributed by atoms with Crippen LogP contribution in [-0.2, 0) is 16.0 Å². The van der Waals surface area contributed by atoms with Crippen LogP contribution in [0.4, 0.5) is 4.79 Å². The topological polar surface area (TPSA) is 87.3 Å². The van der Waals surface area contributed by atoms with Crippen LogP contribution >= 0.6 is 11.6 Å². The summed E-state index contributed by atoms with van der Waals surface area (Å²) in [4.78, 5) is 34.7. The molecule has 2 amide bonds. The van der Waals surface area contributed by atoms with Crippen LogP contribution < -0.4 is 5.32 Å². The maximum atomic E-state index is 13.2. The first-order valence-electron chi connectivity index (χ1n) is 9.38. The SMILES string of the molecule is CC[C@H](C)[C@H](NC(=O)N1CCc2[nH]cnc2[C@@H]1c1ccc(Cl)cc1)C(=O)OC. The van der Waals surface area contributed by atoms with Crippen molar-refractivity contribution in [2.45, 2.75) is 38.8 Å². The van der Waals surface area contributed by atoms with Gasteiger partial charge in [0.25, 0.3) is 0 Å². The molecule has 7 nitrogen and oxygen atoms in total. The maximum Gasteiger partial charge on any atom is 0.328 e. The van der Waals surface area contributed by atoms with Gasteiger partial charge in [-0.3, -0.25) is 0 Å². The van der Waals surface area contributed by atoms with E-state index < -0.39 is 12.0 Å². The number of nitrogens with zero attached hydrogens (tertiary/aromatic N) is 2. The van der Waals surface area contributed by atoms with Gasteiger partial charge in [-0.2, -0.15) is 0 Å². The van der Waals surface area contributed by atoms with Gasteiger partial charge in [0.05, 0.1) is 19.1 Å². The first kappa shape index (κ1) is 20.2. The van der Waals surface area contributed by atoms with Crippen molar-refractivity contribution < 1.29 is 14.3 Å². The summed E-state index contributed by atoms with van der Waals surface area (Å²) in [5.74, 6) is -0.487. The number of fused-ring (bicyclic) bond motifs is 1. The molecule has 1 aliphatic heterocycles. The molecule has 8 heteroatoms. The van der Waals surface area contributed by atoms with Crippen LogP contribution in [0.2, 0.25) is 5.02 Å². The third-order valence-electron chi connectivity index (χ3n) is 5.32. The largest absolute Gasteiger partial charge is 0.467 e. The van der Waals surface area contributed by atoms with Crippen LogP contribution in [0.25, 0.3) is 0 Å². The summed E-state index contributed by atoms with van der Waals surface area (Å²) < 4.78 is 4.89. The van der Waals surface area contributed by atoms with E-state index in [1.165, 1.54) is 7.11 Å². The second kappa shape index (κ2) is 8.65. The van der Waals surface area contributed by atoms with Crippen molar-refractivity contribution >= 4 is 23.6 Å². The van der Waals surface area contributed by atoms with Crippen molar-refractivity contribution in [1.82, 2.24) is 20.2 Å². The standard InChI is InChI=1S/C20H25ClN4O3/c1-4-12(2)16(19(26)28-3)24-20(27)25-10-9-15-17(23-11-22-15)18(25)13-5-7-14(21)8-6-13/h5-8,11-12,16,18H,4,9-10H2,1-3H3,(H,22,23)(H,24,27)/t12-,16-,18-/m0/s1. The molecule has 2 heterocycles. The molecule has 3 atom stereocenters. The number of esters is 1. The lowest BCUT2D eigenvalue weighted by atomic mass is 9.95. The highest BCUT2D eigenvalue weighted by Crippen LogP contribution is 2.34. The van der Waals surface area contributed by atoms with E-state index in [1.54, 1.807) is 23.4 Å². The van der Waals surface area contributed by atoms with Crippen LogP contribution in [0.1, 0.15) is 43.3 Å². The van der Waals surface area contributed by atoms with Gasteiger partial charge in [-0.15, -0.1) is 0 Å². The number of imidazole rings is 1. The minimum atomic E-state index is -0.700. The lowest BCUT2D eigenvalue weighted by Crippen LogP contribution is -2.53. The number of hydrogen-bond acceptors (Lipinski definition) is 4. The van der Waals surface area contributed by atoms with E-state index in [0.29, 0.717) is 18.0 Å². The molecule has 0 radical (unpaired) electrons. The summed E-state index contributed by atoms with van der Waals surface area (Å²) in [6.07, 6.45) is 3.05. The Hall–Kier alpha value is -2.54. The molecule has 0 aliphatic carbocycles. The van der Waals surface area contributed by atoms with Gasteiger partial charge in [-0.05, 0) is 23.6 Å². The van der Waals surface area contributed by atoms with Gasteiger partial charge in [0, 0.05) is 23.7 Å². The number of ether oxygens (including phenoxy) is 1. The molecular formula is C20H25ClN4O3. The number of H-pyrrole nitrogens is 1. The van der Waals surface area contributed by atoms with Crippen LogP contribution in [0.3, 0.4) is 0 Å². The van der Waals surface area contributed by atoms with E-state index in [0.717, 1.165) is 23.4 Å². The first-order valence-corrected chi connectivity index (χ1v) is 9.76. The van der Waals surface area contributed by atoms with E-state index in [4.69, 9.17) is 16.3 Å². The number of carbonyl (C=O) groups is 2. The van der Waals surface area contributed by atoms with Gasteiger partial charge in [0.1, 0.15) is 12.1 Å². The number of carbonyl (C=O) groups excluding carboxylic acids is 2. The predicted molar refractivity (Wildman–Crippen MR) is 106 cm³/mol. The van der Waals surface area contributed by atoms with Gasteiger partial charge in [0.2, 0.25) is 0 Å². The first-order chi connectivity index (χ1) is 13.5. The fourth-order valence-corrected chi connectivity index (χ4v) is 3.62. The second-order valence-electron chi connectivity index (χ2n) is 7.00. The number of benzene rings is 1. The van der Waals surface area contributed by atoms with Gasteiger partial charge in [0.15, 0.2) is 0 Å². The molecule has 0 saturated heterocycles. The number of nitrogens with one attached hydrogen (secondary N) is 2. The van der Waals surface area contributed by atoms with E-state index in [9.17, 15) is 9.59 Å². The van der Waals surface area contributed by atoms with Crippen molar-refractivity contribution in [2.75, 3.05) is 13.7 Å². The predicted octanol–water partition coefficient (Wildman–Crippen LogP) is 3.31. The summed E-state index contributed by atoms with van der Waals surface area (Å²) in [6, 6.07) is 6.00. The number of aromatic nitrogens is 2. The third-order valence-corrected chi connectivity index (χ3v) is 5.57. The zero-order chi connectivity index (χ0) is 20.3. The Balaban J connectivity index is 1.91. The highest BCUT2D eigenvalue weighted by atomic mass is 35.5. The molecule has 1 aromatic carbocycles. The van der Waals surface area contributed by atoms with Crippen LogP contribution in [0.5, 0.6) is 0 Å². The monoisotopic (exact) mass is 404 g/mol. The van der Waals surface area contributed by atoms with Crippen molar-refractivity contribution in [3.05, 3.63) is 52.6 Å². The number of amides is 2. The molecule has 0 fully saturated rings. The Morgan fingerprint density at radius 1 is 1.39 bits per heavy atom. The number of halogens is 1. The zero-order valence-corrected chi connectivity index (χ0v) is 17.0. The van der Waals surface area contributed by atoms with Gasteiger partial charge < -0.3 is 19.9 Å². The van der Waals surface area contributed by atoms with Crippen LogP contribution in [0, 0.1) is 5.92 Å². The molecule has 0 unspecified atom stereocenters. The van der Waals surface area contributed by atoms with Gasteiger partial charge >= 0.3 is 12.0 Å². The van der Waals surface area contributed by atoms with E-state index in [-0.39, 0.29) is 18.0 Å². The van der Waals surface area contributed by atoms with Crippen LogP contribution in [-0.4, -0.2) is 46.6 Å². The molecule has 28 heavy (non-hydrogen) atoms. The molecule has 0 bridgehead atoms. The Morgan fingerprint density at radius 2 is 2.11 bits per heavy atom. The molecule has 150 valence electrons. The normalized spacial score (nSPS) is 18.1. The Labute approximate surface area is 169 Å². The lowest BCUT2D eigenvalue weighted by Gasteiger charge is -2.36. The molecule has 2 N–H and O–H groups in total. The van der Waals surface area contributed by atoms with E-state index in [1.807, 2.05) is 26.0 Å². The van der Waals surface area contributed by atoms with Crippen molar-refractivity contribution in [3.8, 4) is 0 Å². The summed E-state index contributed by atoms with van der Waals surface area (Å²) >= 11 is 6.03. The third kappa shape index (κ3) is 3.99. The average Bonchev–Trinajstić information content (AvgIpc) is 3.19. The van der Waals surface area contributed by atoms with Gasteiger partial charge in [-0.25, -0.2) is 14.6 Å². The van der Waals surface area contributed by atoms with Crippen molar-refractivity contribution in [1.29, 1.82) is 0 Å². The highest BCUT2D eigenvalue weighted by molar-refractivity contribution is 6.30. The fraction of sp³-hybridized carbons (Fsp3) is 0.450. The zero-order valence-electron chi connectivity index (χ0n) is 16.2. The fourth-order valence-electron chi connectivity index (χ4n) is 3.49. The second-order valence-corrected chi connectivity index (χ2v) is 7.44. The molecule has 2 aromatic rings. The number of urea groups is 1. The Kier molecular flexibility index (Phi) is 6.24. The molecule has 1 aliphatic rings.